The van der Waals surface area contributed by atoms with Crippen molar-refractivity contribution in [2.24, 2.45) is 0 Å². The zero-order valence-corrected chi connectivity index (χ0v) is 16.2. The second-order valence-electron chi connectivity index (χ2n) is 7.18. The van der Waals surface area contributed by atoms with Gasteiger partial charge in [0.05, 0.1) is 23.0 Å². The zero-order valence-electron chi connectivity index (χ0n) is 16.2. The van der Waals surface area contributed by atoms with E-state index in [0.29, 0.717) is 34.6 Å². The zero-order chi connectivity index (χ0) is 19.8. The molecule has 1 aromatic heterocycles. The van der Waals surface area contributed by atoms with E-state index in [9.17, 15) is 9.59 Å². The quantitative estimate of drug-likeness (QED) is 0.755. The number of rotatable bonds is 4. The number of hydrogen-bond acceptors (Lipinski definition) is 4. The molecule has 0 saturated heterocycles. The van der Waals surface area contributed by atoms with Gasteiger partial charge in [-0.05, 0) is 32.0 Å². The minimum Gasteiger partial charge on any atom is -0.489 e. The molecule has 0 radical (unpaired) electrons. The minimum absolute atomic E-state index is 0.0394. The summed E-state index contributed by atoms with van der Waals surface area (Å²) in [4.78, 5) is 34.5. The topological polar surface area (TPSA) is 75.3 Å². The summed E-state index contributed by atoms with van der Waals surface area (Å²) >= 11 is 0. The van der Waals surface area contributed by atoms with Gasteiger partial charge in [-0.25, -0.2) is 4.98 Å². The molecule has 0 saturated carbocycles. The Balaban J connectivity index is 1.66. The van der Waals surface area contributed by atoms with E-state index >= 15 is 0 Å². The van der Waals surface area contributed by atoms with Crippen molar-refractivity contribution in [3.05, 3.63) is 69.8 Å². The van der Waals surface area contributed by atoms with Gasteiger partial charge in [-0.2, -0.15) is 0 Å². The largest absolute Gasteiger partial charge is 0.489 e. The van der Waals surface area contributed by atoms with Crippen LogP contribution in [-0.4, -0.2) is 33.4 Å². The maximum Gasteiger partial charge on any atom is 0.258 e. The first-order chi connectivity index (χ1) is 13.5. The number of benzene rings is 2. The van der Waals surface area contributed by atoms with E-state index in [-0.39, 0.29) is 30.0 Å². The number of nitrogens with zero attached hydrogens (tertiary/aromatic N) is 2. The van der Waals surface area contributed by atoms with Crippen LogP contribution in [0, 0.1) is 0 Å². The van der Waals surface area contributed by atoms with Crippen LogP contribution in [-0.2, 0) is 6.54 Å². The third-order valence-electron chi connectivity index (χ3n) is 5.45. The van der Waals surface area contributed by atoms with Gasteiger partial charge in [-0.1, -0.05) is 31.2 Å². The molecule has 1 aliphatic rings. The summed E-state index contributed by atoms with van der Waals surface area (Å²) in [5, 5.41) is 0.540. The van der Waals surface area contributed by atoms with Crippen molar-refractivity contribution < 1.29 is 9.53 Å². The summed E-state index contributed by atoms with van der Waals surface area (Å²) in [5.41, 5.74) is 2.04. The number of H-pyrrole nitrogens is 1. The molecule has 0 aliphatic carbocycles. The molecule has 6 nitrogen and oxygen atoms in total. The van der Waals surface area contributed by atoms with Gasteiger partial charge in [0.1, 0.15) is 17.7 Å². The number of nitrogens with one attached hydrogen (secondary N) is 1. The molecule has 2 unspecified atom stereocenters. The van der Waals surface area contributed by atoms with Gasteiger partial charge in [0.2, 0.25) is 0 Å². The number of carbonyl (C=O) groups excluding carboxylic acids is 1. The third kappa shape index (κ3) is 3.05. The predicted octanol–water partition coefficient (Wildman–Crippen LogP) is 3.47. The first-order valence-electron chi connectivity index (χ1n) is 9.56. The standard InChI is InChI=1S/C22H23N3O3/c1-4-25(12-19-23-18-11-6-5-8-16(18)21(26)24-19)22(27)17-10-7-9-15-13(2)14(3)28-20(15)17/h5-11,13-14H,4,12H2,1-3H3,(H,23,24,26). The Morgan fingerprint density at radius 2 is 1.96 bits per heavy atom. The summed E-state index contributed by atoms with van der Waals surface area (Å²) < 4.78 is 5.97. The lowest BCUT2D eigenvalue weighted by Gasteiger charge is -2.21. The fraction of sp³-hybridized carbons (Fsp3) is 0.318. The Kier molecular flexibility index (Phi) is 4.63. The van der Waals surface area contributed by atoms with Gasteiger partial charge in [-0.15, -0.1) is 0 Å². The van der Waals surface area contributed by atoms with Crippen LogP contribution in [0.3, 0.4) is 0 Å². The first kappa shape index (κ1) is 18.2. The van der Waals surface area contributed by atoms with Crippen molar-refractivity contribution in [2.75, 3.05) is 6.54 Å². The lowest BCUT2D eigenvalue weighted by Crippen LogP contribution is -2.32. The fourth-order valence-electron chi connectivity index (χ4n) is 3.64. The van der Waals surface area contributed by atoms with Crippen molar-refractivity contribution in [1.29, 1.82) is 0 Å². The molecule has 1 amide bonds. The van der Waals surface area contributed by atoms with Crippen molar-refractivity contribution in [3.63, 3.8) is 0 Å². The van der Waals surface area contributed by atoms with Crippen LogP contribution < -0.4 is 10.3 Å². The molecule has 28 heavy (non-hydrogen) atoms. The lowest BCUT2D eigenvalue weighted by molar-refractivity contribution is 0.0743. The number of para-hydroxylation sites is 2. The van der Waals surface area contributed by atoms with Gasteiger partial charge in [0, 0.05) is 18.0 Å². The molecule has 6 heteroatoms. The molecular weight excluding hydrogens is 354 g/mol. The average Bonchev–Trinajstić information content (AvgIpc) is 3.00. The number of fused-ring (bicyclic) bond motifs is 2. The van der Waals surface area contributed by atoms with E-state index < -0.39 is 0 Å². The number of carbonyl (C=O) groups is 1. The molecular formula is C22H23N3O3. The van der Waals surface area contributed by atoms with Gasteiger partial charge >= 0.3 is 0 Å². The molecule has 2 heterocycles. The highest BCUT2D eigenvalue weighted by molar-refractivity contribution is 5.97. The normalized spacial score (nSPS) is 18.0. The fourth-order valence-corrected chi connectivity index (χ4v) is 3.64. The van der Waals surface area contributed by atoms with E-state index in [0.717, 1.165) is 5.56 Å². The van der Waals surface area contributed by atoms with Crippen molar-refractivity contribution in [2.45, 2.75) is 39.3 Å². The Hall–Kier alpha value is -3.15. The summed E-state index contributed by atoms with van der Waals surface area (Å²) in [7, 11) is 0. The van der Waals surface area contributed by atoms with E-state index in [1.54, 1.807) is 29.2 Å². The minimum atomic E-state index is -0.198. The molecule has 1 N–H and O–H groups in total. The maximum atomic E-state index is 13.2. The van der Waals surface area contributed by atoms with E-state index in [4.69, 9.17) is 4.74 Å². The molecule has 3 aromatic rings. The monoisotopic (exact) mass is 377 g/mol. The van der Waals surface area contributed by atoms with E-state index in [1.807, 2.05) is 32.0 Å². The molecule has 0 spiro atoms. The van der Waals surface area contributed by atoms with Crippen LogP contribution in [0.4, 0.5) is 0 Å². The van der Waals surface area contributed by atoms with Gasteiger partial charge in [0.15, 0.2) is 0 Å². The number of aromatic nitrogens is 2. The summed E-state index contributed by atoms with van der Waals surface area (Å²) in [6.07, 6.45) is 0.0394. The van der Waals surface area contributed by atoms with Crippen LogP contribution in [0.15, 0.2) is 47.3 Å². The van der Waals surface area contributed by atoms with Gasteiger partial charge < -0.3 is 14.6 Å². The van der Waals surface area contributed by atoms with E-state index in [1.165, 1.54) is 0 Å². The van der Waals surface area contributed by atoms with Crippen LogP contribution >= 0.6 is 0 Å². The third-order valence-corrected chi connectivity index (χ3v) is 5.45. The molecule has 1 aliphatic heterocycles. The van der Waals surface area contributed by atoms with E-state index in [2.05, 4.69) is 16.9 Å². The van der Waals surface area contributed by atoms with Crippen LogP contribution in [0.5, 0.6) is 5.75 Å². The summed E-state index contributed by atoms with van der Waals surface area (Å²) in [6.45, 7) is 6.74. The average molecular weight is 377 g/mol. The second kappa shape index (κ2) is 7.11. The van der Waals surface area contributed by atoms with Gasteiger partial charge in [-0.3, -0.25) is 9.59 Å². The summed E-state index contributed by atoms with van der Waals surface area (Å²) in [5.74, 6) is 1.26. The van der Waals surface area contributed by atoms with Crippen molar-refractivity contribution in [3.8, 4) is 5.75 Å². The van der Waals surface area contributed by atoms with Crippen molar-refractivity contribution >= 4 is 16.8 Å². The highest BCUT2D eigenvalue weighted by atomic mass is 16.5. The van der Waals surface area contributed by atoms with Crippen LogP contribution in [0.1, 0.15) is 48.4 Å². The number of aromatic amines is 1. The highest BCUT2D eigenvalue weighted by Crippen LogP contribution is 2.40. The predicted molar refractivity (Wildman–Crippen MR) is 108 cm³/mol. The Morgan fingerprint density at radius 3 is 2.75 bits per heavy atom. The molecule has 2 atom stereocenters. The molecule has 0 bridgehead atoms. The maximum absolute atomic E-state index is 13.2. The number of ether oxygens (including phenoxy) is 1. The molecule has 2 aromatic carbocycles. The Bertz CT molecular complexity index is 1110. The Labute approximate surface area is 163 Å². The highest BCUT2D eigenvalue weighted by Gasteiger charge is 2.32. The second-order valence-corrected chi connectivity index (χ2v) is 7.18. The number of hydrogen-bond donors (Lipinski definition) is 1. The number of amides is 1. The summed E-state index contributed by atoms with van der Waals surface area (Å²) in [6, 6.07) is 12.9. The SMILES string of the molecule is CCN(Cc1nc2ccccc2c(=O)[nH]1)C(=O)c1cccc2c1OC(C)C2C. The molecule has 0 fully saturated rings. The van der Waals surface area contributed by atoms with Crippen molar-refractivity contribution in [1.82, 2.24) is 14.9 Å². The molecule has 4 rings (SSSR count). The van der Waals surface area contributed by atoms with Crippen LogP contribution in [0.2, 0.25) is 0 Å². The smallest absolute Gasteiger partial charge is 0.258 e. The van der Waals surface area contributed by atoms with Crippen LogP contribution in [0.25, 0.3) is 10.9 Å². The van der Waals surface area contributed by atoms with Gasteiger partial charge in [0.25, 0.3) is 11.5 Å². The lowest BCUT2D eigenvalue weighted by atomic mass is 9.96. The Morgan fingerprint density at radius 1 is 1.18 bits per heavy atom. The first-order valence-corrected chi connectivity index (χ1v) is 9.56. The molecule has 144 valence electrons.